The van der Waals surface area contributed by atoms with Gasteiger partial charge in [0.1, 0.15) is 0 Å². The highest BCUT2D eigenvalue weighted by molar-refractivity contribution is 14.1. The van der Waals surface area contributed by atoms with Crippen molar-refractivity contribution < 1.29 is 8.42 Å². The fourth-order valence-corrected chi connectivity index (χ4v) is 3.12. The van der Waals surface area contributed by atoms with E-state index < -0.39 is 10.0 Å². The Balaban J connectivity index is 0.00000289. The molecule has 0 unspecified atom stereocenters. The smallest absolute Gasteiger partial charge is 0.240 e. The van der Waals surface area contributed by atoms with Crippen molar-refractivity contribution in [1.29, 1.82) is 0 Å². The Morgan fingerprint density at radius 2 is 1.94 bits per heavy atom. The lowest BCUT2D eigenvalue weighted by molar-refractivity contribution is 0.575. The van der Waals surface area contributed by atoms with E-state index in [1.54, 1.807) is 18.2 Å². The lowest BCUT2D eigenvalue weighted by Crippen LogP contribution is -2.32. The molecular formula is C11H18ClIN2O2S. The number of nitrogens with one attached hydrogen (secondary N) is 2. The van der Waals surface area contributed by atoms with Gasteiger partial charge in [0, 0.05) is 16.7 Å². The van der Waals surface area contributed by atoms with E-state index in [1.807, 2.05) is 6.07 Å². The molecule has 0 heterocycles. The van der Waals surface area contributed by atoms with Crippen molar-refractivity contribution in [2.75, 3.05) is 19.6 Å². The average molecular weight is 405 g/mol. The van der Waals surface area contributed by atoms with E-state index in [9.17, 15) is 8.42 Å². The van der Waals surface area contributed by atoms with Gasteiger partial charge < -0.3 is 5.32 Å². The molecule has 2 N–H and O–H groups in total. The standard InChI is InChI=1S/C11H17IN2O2S.ClH/c1-2-6-13-7-8-14-17(15,16)11-5-3-4-10(12)9-11;/h3-5,9,13-14H,2,6-8H2,1H3;1H. The first kappa shape index (κ1) is 18.1. The first-order valence-corrected chi connectivity index (χ1v) is 8.08. The van der Waals surface area contributed by atoms with E-state index in [-0.39, 0.29) is 12.4 Å². The maximum absolute atomic E-state index is 11.9. The van der Waals surface area contributed by atoms with Crippen molar-refractivity contribution in [3.05, 3.63) is 27.8 Å². The van der Waals surface area contributed by atoms with Crippen LogP contribution in [0.4, 0.5) is 0 Å². The van der Waals surface area contributed by atoms with E-state index in [1.165, 1.54) is 0 Å². The fraction of sp³-hybridized carbons (Fsp3) is 0.455. The number of sulfonamides is 1. The first-order valence-electron chi connectivity index (χ1n) is 5.52. The highest BCUT2D eigenvalue weighted by Gasteiger charge is 2.12. The highest BCUT2D eigenvalue weighted by atomic mass is 127. The first-order chi connectivity index (χ1) is 8.06. The van der Waals surface area contributed by atoms with Gasteiger partial charge >= 0.3 is 0 Å². The molecule has 0 atom stereocenters. The molecule has 0 radical (unpaired) electrons. The van der Waals surface area contributed by atoms with Crippen molar-refractivity contribution in [3.8, 4) is 0 Å². The van der Waals surface area contributed by atoms with Crippen LogP contribution in [0.25, 0.3) is 0 Å². The Hall–Kier alpha value is 0.110. The topological polar surface area (TPSA) is 58.2 Å². The number of halogens is 2. The third-order valence-electron chi connectivity index (χ3n) is 2.13. The maximum Gasteiger partial charge on any atom is 0.240 e. The summed E-state index contributed by atoms with van der Waals surface area (Å²) in [6.45, 7) is 4.04. The summed E-state index contributed by atoms with van der Waals surface area (Å²) in [4.78, 5) is 0.319. The van der Waals surface area contributed by atoms with Crippen molar-refractivity contribution >= 4 is 45.0 Å². The summed E-state index contributed by atoms with van der Waals surface area (Å²) in [6, 6.07) is 6.86. The Labute approximate surface area is 129 Å². The van der Waals surface area contributed by atoms with Gasteiger partial charge in [-0.3, -0.25) is 0 Å². The van der Waals surface area contributed by atoms with E-state index in [4.69, 9.17) is 0 Å². The molecule has 4 nitrogen and oxygen atoms in total. The molecular weight excluding hydrogens is 387 g/mol. The van der Waals surface area contributed by atoms with Gasteiger partial charge in [-0.2, -0.15) is 0 Å². The van der Waals surface area contributed by atoms with Crippen LogP contribution in [-0.4, -0.2) is 28.1 Å². The number of rotatable bonds is 7. The Kier molecular flexibility index (Phi) is 9.14. The monoisotopic (exact) mass is 404 g/mol. The molecule has 18 heavy (non-hydrogen) atoms. The van der Waals surface area contributed by atoms with Crippen LogP contribution in [-0.2, 0) is 10.0 Å². The minimum atomic E-state index is -3.36. The number of hydrogen-bond donors (Lipinski definition) is 2. The highest BCUT2D eigenvalue weighted by Crippen LogP contribution is 2.12. The number of hydrogen-bond acceptors (Lipinski definition) is 3. The van der Waals surface area contributed by atoms with Crippen molar-refractivity contribution in [2.24, 2.45) is 0 Å². The van der Waals surface area contributed by atoms with Gasteiger partial charge in [0.15, 0.2) is 0 Å². The average Bonchev–Trinajstić information content (AvgIpc) is 2.29. The van der Waals surface area contributed by atoms with Crippen LogP contribution in [0.5, 0.6) is 0 Å². The SMILES string of the molecule is CCCNCCNS(=O)(=O)c1cccc(I)c1.Cl. The van der Waals surface area contributed by atoms with Crippen LogP contribution < -0.4 is 10.0 Å². The molecule has 1 rings (SSSR count). The molecule has 0 aromatic heterocycles. The second-order valence-corrected chi connectivity index (χ2v) is 6.62. The predicted molar refractivity (Wildman–Crippen MR) is 84.8 cm³/mol. The lowest BCUT2D eigenvalue weighted by Gasteiger charge is -2.07. The summed E-state index contributed by atoms with van der Waals surface area (Å²) < 4.78 is 27.2. The van der Waals surface area contributed by atoms with Crippen LogP contribution in [0.15, 0.2) is 29.2 Å². The van der Waals surface area contributed by atoms with Crippen LogP contribution in [0.3, 0.4) is 0 Å². The third kappa shape index (κ3) is 6.33. The second-order valence-electron chi connectivity index (χ2n) is 3.61. The third-order valence-corrected chi connectivity index (χ3v) is 4.26. The van der Waals surface area contributed by atoms with Gasteiger partial charge in [-0.15, -0.1) is 12.4 Å². The molecule has 0 spiro atoms. The summed E-state index contributed by atoms with van der Waals surface area (Å²) in [5, 5.41) is 3.14. The zero-order chi connectivity index (χ0) is 12.7. The summed E-state index contributed by atoms with van der Waals surface area (Å²) >= 11 is 2.10. The molecule has 1 aromatic rings. The zero-order valence-corrected chi connectivity index (χ0v) is 13.9. The van der Waals surface area contributed by atoms with E-state index >= 15 is 0 Å². The molecule has 0 bridgehead atoms. The van der Waals surface area contributed by atoms with E-state index in [0.29, 0.717) is 18.0 Å². The molecule has 0 aliphatic rings. The quantitative estimate of drug-likeness (QED) is 0.540. The predicted octanol–water partition coefficient (Wildman–Crippen LogP) is 1.99. The molecule has 0 fully saturated rings. The minimum Gasteiger partial charge on any atom is -0.315 e. The van der Waals surface area contributed by atoms with Gasteiger partial charge in [0.2, 0.25) is 10.0 Å². The largest absolute Gasteiger partial charge is 0.315 e. The molecule has 0 saturated carbocycles. The Morgan fingerprint density at radius 1 is 1.22 bits per heavy atom. The molecule has 0 saturated heterocycles. The van der Waals surface area contributed by atoms with E-state index in [2.05, 4.69) is 39.6 Å². The normalized spacial score (nSPS) is 11.0. The summed E-state index contributed by atoms with van der Waals surface area (Å²) in [6.07, 6.45) is 1.05. The van der Waals surface area contributed by atoms with Crippen LogP contribution in [0.2, 0.25) is 0 Å². The van der Waals surface area contributed by atoms with Gasteiger partial charge in [-0.25, -0.2) is 13.1 Å². The van der Waals surface area contributed by atoms with Gasteiger partial charge in [-0.05, 0) is 53.8 Å². The fourth-order valence-electron chi connectivity index (χ4n) is 1.29. The van der Waals surface area contributed by atoms with Gasteiger partial charge in [-0.1, -0.05) is 13.0 Å². The van der Waals surface area contributed by atoms with Gasteiger partial charge in [0.25, 0.3) is 0 Å². The van der Waals surface area contributed by atoms with Crippen LogP contribution in [0.1, 0.15) is 13.3 Å². The minimum absolute atomic E-state index is 0. The molecule has 0 amide bonds. The lowest BCUT2D eigenvalue weighted by atomic mass is 10.4. The second kappa shape index (κ2) is 9.08. The van der Waals surface area contributed by atoms with Gasteiger partial charge in [0.05, 0.1) is 4.90 Å². The Bertz CT molecular complexity index is 454. The van der Waals surface area contributed by atoms with Crippen molar-refractivity contribution in [1.82, 2.24) is 10.0 Å². The molecule has 0 aliphatic heterocycles. The molecule has 104 valence electrons. The molecule has 7 heteroatoms. The Morgan fingerprint density at radius 3 is 2.56 bits per heavy atom. The van der Waals surface area contributed by atoms with Crippen molar-refractivity contribution in [3.63, 3.8) is 0 Å². The molecule has 0 aliphatic carbocycles. The number of benzene rings is 1. The maximum atomic E-state index is 11.9. The summed E-state index contributed by atoms with van der Waals surface area (Å²) in [7, 11) is -3.36. The summed E-state index contributed by atoms with van der Waals surface area (Å²) in [5.74, 6) is 0. The molecule has 1 aromatic carbocycles. The summed E-state index contributed by atoms with van der Waals surface area (Å²) in [5.41, 5.74) is 0. The van der Waals surface area contributed by atoms with E-state index in [0.717, 1.165) is 16.5 Å². The zero-order valence-electron chi connectivity index (χ0n) is 10.1. The van der Waals surface area contributed by atoms with Crippen LogP contribution in [0, 0.1) is 3.57 Å². The van der Waals surface area contributed by atoms with Crippen LogP contribution >= 0.6 is 35.0 Å². The van der Waals surface area contributed by atoms with Crippen molar-refractivity contribution in [2.45, 2.75) is 18.2 Å².